The van der Waals surface area contributed by atoms with Crippen molar-refractivity contribution in [2.45, 2.75) is 17.5 Å². The third kappa shape index (κ3) is 4.69. The van der Waals surface area contributed by atoms with Gasteiger partial charge in [-0.15, -0.1) is 0 Å². The van der Waals surface area contributed by atoms with E-state index in [0.717, 1.165) is 11.3 Å². The Hall–Kier alpha value is -3.39. The average Bonchev–Trinajstić information content (AvgIpc) is 2.78. The van der Waals surface area contributed by atoms with E-state index < -0.39 is 6.61 Å². The van der Waals surface area contributed by atoms with Gasteiger partial charge in [-0.3, -0.25) is 9.36 Å². The van der Waals surface area contributed by atoms with Crippen molar-refractivity contribution < 1.29 is 18.3 Å². The molecule has 4 rings (SSSR count). The molecule has 0 aliphatic heterocycles. The summed E-state index contributed by atoms with van der Waals surface area (Å²) in [5.41, 5.74) is 1.92. The van der Waals surface area contributed by atoms with Crippen molar-refractivity contribution in [3.05, 3.63) is 88.7 Å². The lowest BCUT2D eigenvalue weighted by Gasteiger charge is -2.14. The fourth-order valence-electron chi connectivity index (χ4n) is 3.08. The van der Waals surface area contributed by atoms with Gasteiger partial charge in [-0.05, 0) is 54.1 Å². The topological polar surface area (TPSA) is 53.3 Å². The quantitative estimate of drug-likeness (QED) is 0.289. The van der Waals surface area contributed by atoms with Crippen molar-refractivity contribution in [3.8, 4) is 17.2 Å². The smallest absolute Gasteiger partial charge is 0.387 e. The first-order chi connectivity index (χ1) is 15.0. The van der Waals surface area contributed by atoms with Gasteiger partial charge in [-0.2, -0.15) is 8.78 Å². The second kappa shape index (κ2) is 9.18. The Balaban J connectivity index is 1.73. The number of nitrogens with zero attached hydrogens (tertiary/aromatic N) is 2. The fourth-order valence-corrected chi connectivity index (χ4v) is 4.05. The van der Waals surface area contributed by atoms with Gasteiger partial charge in [-0.1, -0.05) is 36.0 Å². The molecule has 0 aliphatic carbocycles. The number of halogens is 2. The molecule has 5 nitrogen and oxygen atoms in total. The minimum Gasteiger partial charge on any atom is -0.497 e. The number of rotatable bonds is 7. The Bertz CT molecular complexity index is 1240. The number of ether oxygens (including phenoxy) is 2. The van der Waals surface area contributed by atoms with Crippen molar-refractivity contribution in [2.24, 2.45) is 0 Å². The van der Waals surface area contributed by atoms with Gasteiger partial charge >= 0.3 is 6.61 Å². The molecule has 4 aromatic rings. The summed E-state index contributed by atoms with van der Waals surface area (Å²) in [6, 6.07) is 20.7. The van der Waals surface area contributed by atoms with Gasteiger partial charge in [0.1, 0.15) is 11.5 Å². The number of methoxy groups -OCH3 is 1. The highest BCUT2D eigenvalue weighted by molar-refractivity contribution is 7.98. The predicted octanol–water partition coefficient (Wildman–Crippen LogP) is 5.29. The molecule has 0 spiro atoms. The molecule has 0 atom stereocenters. The molecule has 0 amide bonds. The molecule has 8 heteroatoms. The largest absolute Gasteiger partial charge is 0.497 e. The molecular weight excluding hydrogens is 422 g/mol. The summed E-state index contributed by atoms with van der Waals surface area (Å²) in [7, 11) is 1.61. The molecule has 1 heterocycles. The van der Waals surface area contributed by atoms with Gasteiger partial charge in [0.2, 0.25) is 0 Å². The van der Waals surface area contributed by atoms with E-state index >= 15 is 0 Å². The van der Waals surface area contributed by atoms with E-state index in [4.69, 9.17) is 4.74 Å². The Morgan fingerprint density at radius 2 is 1.65 bits per heavy atom. The zero-order valence-electron chi connectivity index (χ0n) is 16.5. The summed E-state index contributed by atoms with van der Waals surface area (Å²) >= 11 is 1.41. The van der Waals surface area contributed by atoms with E-state index in [1.807, 2.05) is 30.3 Å². The predicted molar refractivity (Wildman–Crippen MR) is 117 cm³/mol. The zero-order valence-corrected chi connectivity index (χ0v) is 17.3. The number of aromatic nitrogens is 2. The normalized spacial score (nSPS) is 11.1. The average molecular weight is 440 g/mol. The van der Waals surface area contributed by atoms with Gasteiger partial charge < -0.3 is 9.47 Å². The van der Waals surface area contributed by atoms with Crippen LogP contribution >= 0.6 is 11.8 Å². The SMILES string of the molecule is COc1ccc(CSc2nc3ccccc3c(=O)n2-c2ccc(OC(F)F)cc2)cc1. The number of hydrogen-bond acceptors (Lipinski definition) is 5. The Morgan fingerprint density at radius 3 is 2.32 bits per heavy atom. The fraction of sp³-hybridized carbons (Fsp3) is 0.130. The molecular formula is C23H18F2N2O3S. The second-order valence-electron chi connectivity index (χ2n) is 6.56. The number of hydrogen-bond donors (Lipinski definition) is 0. The Labute approximate surface area is 181 Å². The lowest BCUT2D eigenvalue weighted by Crippen LogP contribution is -2.21. The number of benzene rings is 3. The standard InChI is InChI=1S/C23H18F2N2O3S/c1-29-17-10-6-15(7-11-17)14-31-23-26-20-5-3-2-4-19(20)21(28)27(23)16-8-12-18(13-9-16)30-22(24)25/h2-13,22H,14H2,1H3. The van der Waals surface area contributed by atoms with E-state index in [-0.39, 0.29) is 11.3 Å². The first-order valence-corrected chi connectivity index (χ1v) is 10.4. The lowest BCUT2D eigenvalue weighted by molar-refractivity contribution is -0.0498. The van der Waals surface area contributed by atoms with E-state index in [9.17, 15) is 13.6 Å². The van der Waals surface area contributed by atoms with Crippen LogP contribution in [-0.2, 0) is 5.75 Å². The monoisotopic (exact) mass is 440 g/mol. The summed E-state index contributed by atoms with van der Waals surface area (Å²) in [6.07, 6.45) is 0. The summed E-state index contributed by atoms with van der Waals surface area (Å²) in [6.45, 7) is -2.91. The Morgan fingerprint density at radius 1 is 0.968 bits per heavy atom. The summed E-state index contributed by atoms with van der Waals surface area (Å²) in [5.74, 6) is 1.37. The van der Waals surface area contributed by atoms with Crippen LogP contribution in [0.3, 0.4) is 0 Å². The number of thioether (sulfide) groups is 1. The molecule has 1 aromatic heterocycles. The molecule has 0 aliphatic rings. The summed E-state index contributed by atoms with van der Waals surface area (Å²) < 4.78 is 36.0. The van der Waals surface area contributed by atoms with Crippen molar-refractivity contribution >= 4 is 22.7 Å². The summed E-state index contributed by atoms with van der Waals surface area (Å²) in [5, 5.41) is 0.978. The highest BCUT2D eigenvalue weighted by Gasteiger charge is 2.14. The first-order valence-electron chi connectivity index (χ1n) is 9.38. The van der Waals surface area contributed by atoms with E-state index in [1.54, 1.807) is 37.4 Å². The minimum atomic E-state index is -2.91. The highest BCUT2D eigenvalue weighted by Crippen LogP contribution is 2.26. The molecule has 0 N–H and O–H groups in total. The molecule has 158 valence electrons. The highest BCUT2D eigenvalue weighted by atomic mass is 32.2. The minimum absolute atomic E-state index is 0.0213. The number of alkyl halides is 2. The molecule has 0 saturated carbocycles. The van der Waals surface area contributed by atoms with Crippen molar-refractivity contribution in [3.63, 3.8) is 0 Å². The third-order valence-corrected chi connectivity index (χ3v) is 5.60. The zero-order chi connectivity index (χ0) is 21.8. The van der Waals surface area contributed by atoms with Crippen LogP contribution in [0.4, 0.5) is 8.78 Å². The maximum absolute atomic E-state index is 13.2. The van der Waals surface area contributed by atoms with E-state index in [0.29, 0.717) is 27.5 Å². The van der Waals surface area contributed by atoms with Gasteiger partial charge in [0.05, 0.1) is 23.7 Å². The second-order valence-corrected chi connectivity index (χ2v) is 7.50. The maximum atomic E-state index is 13.2. The molecule has 0 fully saturated rings. The molecule has 0 unspecified atom stereocenters. The van der Waals surface area contributed by atoms with Gasteiger partial charge in [0.25, 0.3) is 5.56 Å². The first kappa shape index (κ1) is 20.9. The van der Waals surface area contributed by atoms with Crippen molar-refractivity contribution in [2.75, 3.05) is 7.11 Å². The Kier molecular flexibility index (Phi) is 6.18. The van der Waals surface area contributed by atoms with Crippen LogP contribution in [0.15, 0.2) is 82.7 Å². The maximum Gasteiger partial charge on any atom is 0.387 e. The van der Waals surface area contributed by atoms with Crippen LogP contribution in [0.25, 0.3) is 16.6 Å². The number of para-hydroxylation sites is 1. The van der Waals surface area contributed by atoms with Crippen LogP contribution in [-0.4, -0.2) is 23.3 Å². The van der Waals surface area contributed by atoms with Crippen LogP contribution in [0.5, 0.6) is 11.5 Å². The van der Waals surface area contributed by atoms with Crippen molar-refractivity contribution in [1.29, 1.82) is 0 Å². The summed E-state index contributed by atoms with van der Waals surface area (Å²) in [4.78, 5) is 17.9. The van der Waals surface area contributed by atoms with E-state index in [1.165, 1.54) is 28.5 Å². The molecule has 3 aromatic carbocycles. The molecule has 0 saturated heterocycles. The van der Waals surface area contributed by atoms with Crippen LogP contribution in [0.1, 0.15) is 5.56 Å². The molecule has 0 bridgehead atoms. The van der Waals surface area contributed by atoms with E-state index in [2.05, 4.69) is 9.72 Å². The van der Waals surface area contributed by atoms with Crippen LogP contribution in [0, 0.1) is 0 Å². The molecule has 31 heavy (non-hydrogen) atoms. The van der Waals surface area contributed by atoms with Gasteiger partial charge in [0.15, 0.2) is 5.16 Å². The van der Waals surface area contributed by atoms with Crippen LogP contribution in [0.2, 0.25) is 0 Å². The van der Waals surface area contributed by atoms with Crippen molar-refractivity contribution in [1.82, 2.24) is 9.55 Å². The van der Waals surface area contributed by atoms with Gasteiger partial charge in [-0.25, -0.2) is 4.98 Å². The lowest BCUT2D eigenvalue weighted by atomic mass is 10.2. The number of fused-ring (bicyclic) bond motifs is 1. The van der Waals surface area contributed by atoms with Crippen LogP contribution < -0.4 is 15.0 Å². The third-order valence-electron chi connectivity index (χ3n) is 4.59. The van der Waals surface area contributed by atoms with Gasteiger partial charge in [0, 0.05) is 5.75 Å². The molecule has 0 radical (unpaired) electrons.